The minimum Gasteiger partial charge on any atom is -0.300 e. The van der Waals surface area contributed by atoms with Crippen LogP contribution in [0.3, 0.4) is 0 Å². The summed E-state index contributed by atoms with van der Waals surface area (Å²) in [4.78, 5) is 11.4. The zero-order chi connectivity index (χ0) is 10.3. The van der Waals surface area contributed by atoms with E-state index in [-0.39, 0.29) is 0 Å². The Balaban J connectivity index is 2.20. The van der Waals surface area contributed by atoms with Crippen molar-refractivity contribution in [2.75, 3.05) is 0 Å². The molecule has 4 atom stereocenters. The predicted molar refractivity (Wildman–Crippen MR) is 58.0 cm³/mol. The molecule has 0 amide bonds. The maximum absolute atomic E-state index is 11.4. The third-order valence-corrected chi connectivity index (χ3v) is 5.21. The molecule has 0 saturated heterocycles. The minimum absolute atomic E-state index is 0.464. The van der Waals surface area contributed by atoms with E-state index in [1.165, 1.54) is 12.8 Å². The Hall–Kier alpha value is -0.330. The van der Waals surface area contributed by atoms with Crippen LogP contribution in [-0.4, -0.2) is 5.78 Å². The average molecular weight is 194 g/mol. The Morgan fingerprint density at radius 3 is 2.71 bits per heavy atom. The van der Waals surface area contributed by atoms with Crippen molar-refractivity contribution in [2.24, 2.45) is 23.2 Å². The quantitative estimate of drug-likeness (QED) is 0.577. The van der Waals surface area contributed by atoms with Crippen molar-refractivity contribution in [3.05, 3.63) is 0 Å². The molecule has 1 nitrogen and oxygen atoms in total. The van der Waals surface area contributed by atoms with E-state index in [0.29, 0.717) is 17.1 Å². The van der Waals surface area contributed by atoms with E-state index in [1.807, 2.05) is 0 Å². The molecule has 2 fully saturated rings. The van der Waals surface area contributed by atoms with Gasteiger partial charge < -0.3 is 0 Å². The SMILES string of the molecule is CC1CC[C@H]2CC(=O)CC[C@]2(C)[C@H]1C. The van der Waals surface area contributed by atoms with Crippen LogP contribution in [0.15, 0.2) is 0 Å². The van der Waals surface area contributed by atoms with Crippen LogP contribution in [-0.2, 0) is 4.79 Å². The van der Waals surface area contributed by atoms with Crippen molar-refractivity contribution >= 4 is 5.78 Å². The molecular weight excluding hydrogens is 172 g/mol. The van der Waals surface area contributed by atoms with Crippen molar-refractivity contribution in [3.63, 3.8) is 0 Å². The van der Waals surface area contributed by atoms with Crippen LogP contribution >= 0.6 is 0 Å². The van der Waals surface area contributed by atoms with E-state index in [2.05, 4.69) is 20.8 Å². The molecule has 0 aromatic carbocycles. The number of carbonyl (C=O) groups is 1. The highest BCUT2D eigenvalue weighted by Crippen LogP contribution is 2.54. The molecule has 0 aromatic heterocycles. The van der Waals surface area contributed by atoms with Crippen LogP contribution in [0.5, 0.6) is 0 Å². The molecular formula is C13H22O. The van der Waals surface area contributed by atoms with Crippen LogP contribution in [0.1, 0.15) is 52.9 Å². The normalized spacial score (nSPS) is 48.8. The highest BCUT2D eigenvalue weighted by Gasteiger charge is 2.47. The van der Waals surface area contributed by atoms with Gasteiger partial charge in [0.05, 0.1) is 0 Å². The first kappa shape index (κ1) is 10.2. The van der Waals surface area contributed by atoms with Gasteiger partial charge >= 0.3 is 0 Å². The van der Waals surface area contributed by atoms with Crippen molar-refractivity contribution in [1.29, 1.82) is 0 Å². The van der Waals surface area contributed by atoms with Crippen molar-refractivity contribution in [3.8, 4) is 0 Å². The van der Waals surface area contributed by atoms with Crippen LogP contribution in [0, 0.1) is 23.2 Å². The minimum atomic E-state index is 0.464. The molecule has 1 heteroatoms. The lowest BCUT2D eigenvalue weighted by atomic mass is 9.53. The van der Waals surface area contributed by atoms with E-state index < -0.39 is 0 Å². The second-order valence-corrected chi connectivity index (χ2v) is 5.79. The Morgan fingerprint density at radius 1 is 1.29 bits per heavy atom. The third kappa shape index (κ3) is 1.41. The van der Waals surface area contributed by atoms with Gasteiger partial charge in [0.1, 0.15) is 5.78 Å². The van der Waals surface area contributed by atoms with E-state index in [1.54, 1.807) is 0 Å². The van der Waals surface area contributed by atoms with Crippen molar-refractivity contribution in [2.45, 2.75) is 52.9 Å². The van der Waals surface area contributed by atoms with Gasteiger partial charge in [-0.1, -0.05) is 27.2 Å². The molecule has 0 heterocycles. The second-order valence-electron chi connectivity index (χ2n) is 5.79. The second kappa shape index (κ2) is 3.36. The summed E-state index contributed by atoms with van der Waals surface area (Å²) in [5.41, 5.74) is 0.464. The standard InChI is InChI=1S/C13H22O/c1-9-4-5-11-8-12(14)6-7-13(11,3)10(9)2/h9-11H,4-8H2,1-3H3/t9?,10-,11-,13+/m0/s1. The topological polar surface area (TPSA) is 17.1 Å². The highest BCUT2D eigenvalue weighted by molar-refractivity contribution is 5.79. The Bertz CT molecular complexity index is 246. The number of hydrogen-bond donors (Lipinski definition) is 0. The summed E-state index contributed by atoms with van der Waals surface area (Å²) in [6, 6.07) is 0. The highest BCUT2D eigenvalue weighted by atomic mass is 16.1. The monoisotopic (exact) mass is 194 g/mol. The summed E-state index contributed by atoms with van der Waals surface area (Å²) < 4.78 is 0. The molecule has 0 N–H and O–H groups in total. The number of carbonyl (C=O) groups excluding carboxylic acids is 1. The first-order valence-electron chi connectivity index (χ1n) is 6.05. The molecule has 0 aliphatic heterocycles. The molecule has 1 unspecified atom stereocenters. The van der Waals surface area contributed by atoms with Gasteiger partial charge in [0.25, 0.3) is 0 Å². The fourth-order valence-electron chi connectivity index (χ4n) is 3.62. The molecule has 0 bridgehead atoms. The van der Waals surface area contributed by atoms with Gasteiger partial charge in [0.15, 0.2) is 0 Å². The fraction of sp³-hybridized carbons (Fsp3) is 0.923. The third-order valence-electron chi connectivity index (χ3n) is 5.21. The van der Waals surface area contributed by atoms with E-state index in [0.717, 1.165) is 31.1 Å². The summed E-state index contributed by atoms with van der Waals surface area (Å²) >= 11 is 0. The van der Waals surface area contributed by atoms with Gasteiger partial charge in [0.2, 0.25) is 0 Å². The lowest BCUT2D eigenvalue weighted by Crippen LogP contribution is -2.45. The molecule has 2 rings (SSSR count). The largest absolute Gasteiger partial charge is 0.300 e. The number of hydrogen-bond acceptors (Lipinski definition) is 1. The van der Waals surface area contributed by atoms with Crippen LogP contribution in [0.4, 0.5) is 0 Å². The van der Waals surface area contributed by atoms with Gasteiger partial charge in [-0.25, -0.2) is 0 Å². The van der Waals surface area contributed by atoms with Crippen LogP contribution < -0.4 is 0 Å². The molecule has 80 valence electrons. The Morgan fingerprint density at radius 2 is 2.00 bits per heavy atom. The molecule has 14 heavy (non-hydrogen) atoms. The number of fused-ring (bicyclic) bond motifs is 1. The van der Waals surface area contributed by atoms with Gasteiger partial charge in [-0.05, 0) is 36.0 Å². The van der Waals surface area contributed by atoms with E-state index in [4.69, 9.17) is 0 Å². The summed E-state index contributed by atoms with van der Waals surface area (Å²) in [6.07, 6.45) is 5.46. The van der Waals surface area contributed by atoms with Crippen LogP contribution in [0.2, 0.25) is 0 Å². The molecule has 2 aliphatic carbocycles. The summed E-state index contributed by atoms with van der Waals surface area (Å²) in [5, 5.41) is 0. The first-order valence-corrected chi connectivity index (χ1v) is 6.05. The fourth-order valence-corrected chi connectivity index (χ4v) is 3.62. The Labute approximate surface area is 87.3 Å². The van der Waals surface area contributed by atoms with Crippen molar-refractivity contribution < 1.29 is 4.79 Å². The zero-order valence-electron chi connectivity index (χ0n) is 9.68. The van der Waals surface area contributed by atoms with Crippen LogP contribution in [0.25, 0.3) is 0 Å². The molecule has 2 aliphatic rings. The van der Waals surface area contributed by atoms with E-state index >= 15 is 0 Å². The Kier molecular flexibility index (Phi) is 2.45. The summed E-state index contributed by atoms with van der Waals surface area (Å²) in [5.74, 6) is 2.85. The lowest BCUT2D eigenvalue weighted by Gasteiger charge is -2.51. The van der Waals surface area contributed by atoms with Gasteiger partial charge in [-0.15, -0.1) is 0 Å². The smallest absolute Gasteiger partial charge is 0.133 e. The van der Waals surface area contributed by atoms with Gasteiger partial charge in [-0.3, -0.25) is 4.79 Å². The predicted octanol–water partition coefficient (Wildman–Crippen LogP) is 3.43. The zero-order valence-corrected chi connectivity index (χ0v) is 9.68. The maximum Gasteiger partial charge on any atom is 0.133 e. The number of Topliss-reactive ketones (excluding diaryl/α,β-unsaturated/α-hetero) is 1. The lowest BCUT2D eigenvalue weighted by molar-refractivity contribution is -0.129. The number of rotatable bonds is 0. The summed E-state index contributed by atoms with van der Waals surface area (Å²) in [7, 11) is 0. The molecule has 0 aromatic rings. The molecule has 2 saturated carbocycles. The number of ketones is 1. The van der Waals surface area contributed by atoms with Gasteiger partial charge in [0, 0.05) is 12.8 Å². The van der Waals surface area contributed by atoms with Crippen molar-refractivity contribution in [1.82, 2.24) is 0 Å². The van der Waals surface area contributed by atoms with E-state index in [9.17, 15) is 4.79 Å². The molecule has 0 spiro atoms. The maximum atomic E-state index is 11.4. The van der Waals surface area contributed by atoms with Gasteiger partial charge in [-0.2, -0.15) is 0 Å². The first-order chi connectivity index (χ1) is 6.54. The summed E-state index contributed by atoms with van der Waals surface area (Å²) in [6.45, 7) is 7.19. The average Bonchev–Trinajstić information content (AvgIpc) is 2.16. The molecule has 0 radical (unpaired) electrons.